The molecule has 4 heteroatoms. The summed E-state index contributed by atoms with van der Waals surface area (Å²) >= 11 is 0. The molecule has 0 spiro atoms. The Labute approximate surface area is 138 Å². The third kappa shape index (κ3) is 5.08. The molecule has 124 valence electrons. The third-order valence-electron chi connectivity index (χ3n) is 4.85. The molecule has 0 bridgehead atoms. The van der Waals surface area contributed by atoms with Gasteiger partial charge in [0, 0.05) is 23.7 Å². The van der Waals surface area contributed by atoms with E-state index in [0.29, 0.717) is 18.0 Å². The van der Waals surface area contributed by atoms with Gasteiger partial charge in [0.2, 0.25) is 5.91 Å². The average molecular weight is 314 g/mol. The summed E-state index contributed by atoms with van der Waals surface area (Å²) in [7, 11) is 0. The van der Waals surface area contributed by atoms with Gasteiger partial charge in [-0.15, -0.1) is 0 Å². The number of amides is 2. The van der Waals surface area contributed by atoms with Crippen molar-refractivity contribution in [3.8, 4) is 0 Å². The Morgan fingerprint density at radius 3 is 2.30 bits per heavy atom. The Hall–Kier alpha value is -1.84. The maximum atomic E-state index is 12.0. The highest BCUT2D eigenvalue weighted by Crippen LogP contribution is 2.27. The SMILES string of the molecule is O=C(CCC1CCCCC1)Nc1ccc(C(=O)NC2CC2)cc1. The van der Waals surface area contributed by atoms with Crippen LogP contribution in [0.25, 0.3) is 0 Å². The Morgan fingerprint density at radius 1 is 0.957 bits per heavy atom. The summed E-state index contributed by atoms with van der Waals surface area (Å²) in [6.45, 7) is 0. The summed E-state index contributed by atoms with van der Waals surface area (Å²) in [6, 6.07) is 7.52. The molecule has 1 aromatic rings. The first kappa shape index (κ1) is 16.0. The van der Waals surface area contributed by atoms with E-state index >= 15 is 0 Å². The van der Waals surface area contributed by atoms with Gasteiger partial charge in [-0.3, -0.25) is 9.59 Å². The molecule has 2 amide bonds. The number of anilines is 1. The Balaban J connectivity index is 1.43. The van der Waals surface area contributed by atoms with Gasteiger partial charge in [-0.2, -0.15) is 0 Å². The molecule has 0 atom stereocenters. The molecule has 0 heterocycles. The molecule has 0 aliphatic heterocycles. The highest BCUT2D eigenvalue weighted by molar-refractivity contribution is 5.96. The lowest BCUT2D eigenvalue weighted by molar-refractivity contribution is -0.116. The second-order valence-electron chi connectivity index (χ2n) is 6.92. The van der Waals surface area contributed by atoms with Gasteiger partial charge in [0.25, 0.3) is 5.91 Å². The van der Waals surface area contributed by atoms with Crippen LogP contribution in [-0.2, 0) is 4.79 Å². The van der Waals surface area contributed by atoms with Gasteiger partial charge in [0.05, 0.1) is 0 Å². The molecular weight excluding hydrogens is 288 g/mol. The smallest absolute Gasteiger partial charge is 0.251 e. The van der Waals surface area contributed by atoms with Gasteiger partial charge in [-0.25, -0.2) is 0 Å². The zero-order valence-corrected chi connectivity index (χ0v) is 13.6. The fourth-order valence-corrected chi connectivity index (χ4v) is 3.24. The normalized spacial score (nSPS) is 18.4. The second-order valence-corrected chi connectivity index (χ2v) is 6.92. The van der Waals surface area contributed by atoms with Gasteiger partial charge in [-0.05, 0) is 49.4 Å². The molecule has 4 nitrogen and oxygen atoms in total. The van der Waals surface area contributed by atoms with Crippen molar-refractivity contribution < 1.29 is 9.59 Å². The van der Waals surface area contributed by atoms with E-state index in [2.05, 4.69) is 10.6 Å². The van der Waals surface area contributed by atoms with Crippen molar-refractivity contribution in [1.82, 2.24) is 5.32 Å². The van der Waals surface area contributed by atoms with Crippen LogP contribution in [0.1, 0.15) is 68.1 Å². The number of benzene rings is 1. The van der Waals surface area contributed by atoms with E-state index < -0.39 is 0 Å². The summed E-state index contributed by atoms with van der Waals surface area (Å²) in [5.41, 5.74) is 1.42. The van der Waals surface area contributed by atoms with Crippen molar-refractivity contribution in [3.05, 3.63) is 29.8 Å². The summed E-state index contributed by atoms with van der Waals surface area (Å²) in [5.74, 6) is 0.774. The van der Waals surface area contributed by atoms with Gasteiger partial charge in [0.1, 0.15) is 0 Å². The van der Waals surface area contributed by atoms with Crippen molar-refractivity contribution in [3.63, 3.8) is 0 Å². The average Bonchev–Trinajstić information content (AvgIpc) is 3.38. The number of hydrogen-bond donors (Lipinski definition) is 2. The first-order valence-electron chi connectivity index (χ1n) is 8.91. The number of carbonyl (C=O) groups excluding carboxylic acids is 2. The van der Waals surface area contributed by atoms with Crippen LogP contribution in [0.15, 0.2) is 24.3 Å². The number of carbonyl (C=O) groups is 2. The minimum Gasteiger partial charge on any atom is -0.349 e. The quantitative estimate of drug-likeness (QED) is 0.837. The zero-order chi connectivity index (χ0) is 16.1. The van der Waals surface area contributed by atoms with E-state index in [1.54, 1.807) is 24.3 Å². The maximum Gasteiger partial charge on any atom is 0.251 e. The van der Waals surface area contributed by atoms with Gasteiger partial charge in [0.15, 0.2) is 0 Å². The predicted octanol–water partition coefficient (Wildman–Crippen LogP) is 3.88. The number of nitrogens with one attached hydrogen (secondary N) is 2. The molecule has 0 radical (unpaired) electrons. The lowest BCUT2D eigenvalue weighted by atomic mass is 9.86. The summed E-state index contributed by atoms with van der Waals surface area (Å²) in [6.07, 6.45) is 10.3. The van der Waals surface area contributed by atoms with E-state index in [1.165, 1.54) is 32.1 Å². The largest absolute Gasteiger partial charge is 0.349 e. The number of hydrogen-bond acceptors (Lipinski definition) is 2. The van der Waals surface area contributed by atoms with Crippen LogP contribution < -0.4 is 10.6 Å². The molecule has 3 rings (SSSR count). The van der Waals surface area contributed by atoms with Crippen LogP contribution in [0.4, 0.5) is 5.69 Å². The van der Waals surface area contributed by atoms with Crippen molar-refractivity contribution in [1.29, 1.82) is 0 Å². The Kier molecular flexibility index (Phi) is 5.31. The molecule has 2 aliphatic rings. The van der Waals surface area contributed by atoms with Crippen LogP contribution in [-0.4, -0.2) is 17.9 Å². The highest BCUT2D eigenvalue weighted by atomic mass is 16.2. The summed E-state index contributed by atoms with van der Waals surface area (Å²) in [5, 5.41) is 5.89. The molecule has 0 saturated heterocycles. The second kappa shape index (κ2) is 7.62. The molecule has 0 unspecified atom stereocenters. The van der Waals surface area contributed by atoms with Crippen LogP contribution in [0.2, 0.25) is 0 Å². The van der Waals surface area contributed by atoms with E-state index in [4.69, 9.17) is 0 Å². The first-order chi connectivity index (χ1) is 11.2. The first-order valence-corrected chi connectivity index (χ1v) is 8.91. The molecule has 0 aromatic heterocycles. The number of rotatable bonds is 6. The van der Waals surface area contributed by atoms with E-state index in [-0.39, 0.29) is 11.8 Å². The maximum absolute atomic E-state index is 12.0. The molecule has 1 aromatic carbocycles. The van der Waals surface area contributed by atoms with E-state index in [9.17, 15) is 9.59 Å². The Bertz CT molecular complexity index is 543. The fourth-order valence-electron chi connectivity index (χ4n) is 3.24. The van der Waals surface area contributed by atoms with Crippen molar-refractivity contribution in [2.75, 3.05) is 5.32 Å². The minimum absolute atomic E-state index is 0.0253. The van der Waals surface area contributed by atoms with Crippen molar-refractivity contribution in [2.45, 2.75) is 63.8 Å². The van der Waals surface area contributed by atoms with Gasteiger partial charge < -0.3 is 10.6 Å². The third-order valence-corrected chi connectivity index (χ3v) is 4.85. The monoisotopic (exact) mass is 314 g/mol. The van der Waals surface area contributed by atoms with Crippen molar-refractivity contribution >= 4 is 17.5 Å². The van der Waals surface area contributed by atoms with Crippen LogP contribution in [0, 0.1) is 5.92 Å². The standard InChI is InChI=1S/C19H26N2O2/c22-18(13-6-14-4-2-1-3-5-14)20-16-9-7-15(8-10-16)19(23)21-17-11-12-17/h7-10,14,17H,1-6,11-13H2,(H,20,22)(H,21,23). The van der Waals surface area contributed by atoms with Crippen LogP contribution in [0.5, 0.6) is 0 Å². The fraction of sp³-hybridized carbons (Fsp3) is 0.579. The summed E-state index contributed by atoms with van der Waals surface area (Å²) in [4.78, 5) is 23.9. The van der Waals surface area contributed by atoms with Crippen LogP contribution in [0.3, 0.4) is 0 Å². The molecule has 2 aliphatic carbocycles. The minimum atomic E-state index is -0.0253. The van der Waals surface area contributed by atoms with Gasteiger partial charge in [-0.1, -0.05) is 32.1 Å². The summed E-state index contributed by atoms with van der Waals surface area (Å²) < 4.78 is 0. The lowest BCUT2D eigenvalue weighted by Gasteiger charge is -2.21. The van der Waals surface area contributed by atoms with E-state index in [0.717, 1.165) is 30.9 Å². The van der Waals surface area contributed by atoms with Crippen LogP contribution >= 0.6 is 0 Å². The lowest BCUT2D eigenvalue weighted by Crippen LogP contribution is -2.25. The molecule has 23 heavy (non-hydrogen) atoms. The molecular formula is C19H26N2O2. The topological polar surface area (TPSA) is 58.2 Å². The van der Waals surface area contributed by atoms with Gasteiger partial charge >= 0.3 is 0 Å². The molecule has 2 N–H and O–H groups in total. The van der Waals surface area contributed by atoms with Crippen molar-refractivity contribution in [2.24, 2.45) is 5.92 Å². The molecule has 2 saturated carbocycles. The highest BCUT2D eigenvalue weighted by Gasteiger charge is 2.23. The predicted molar refractivity (Wildman–Crippen MR) is 91.4 cm³/mol. The zero-order valence-electron chi connectivity index (χ0n) is 13.6. The van der Waals surface area contributed by atoms with E-state index in [1.807, 2.05) is 0 Å². The Morgan fingerprint density at radius 2 is 1.65 bits per heavy atom. The molecule has 2 fully saturated rings.